The predicted molar refractivity (Wildman–Crippen MR) is 101 cm³/mol. The maximum Gasteiger partial charge on any atom is 0.233 e. The number of aromatic hydroxyl groups is 1. The summed E-state index contributed by atoms with van der Waals surface area (Å²) in [7, 11) is 0. The van der Waals surface area contributed by atoms with E-state index in [0.29, 0.717) is 28.6 Å². The minimum Gasteiger partial charge on any atom is -0.507 e. The van der Waals surface area contributed by atoms with Crippen molar-refractivity contribution < 1.29 is 9.84 Å². The second-order valence-electron chi connectivity index (χ2n) is 7.85. The van der Waals surface area contributed by atoms with E-state index in [1.54, 1.807) is 23.7 Å². The molecule has 144 valence electrons. The first kappa shape index (κ1) is 17.1. The molecule has 28 heavy (non-hydrogen) atoms. The third-order valence-corrected chi connectivity index (χ3v) is 5.90. The van der Waals surface area contributed by atoms with Crippen LogP contribution < -0.4 is 4.74 Å². The molecule has 0 aliphatic heterocycles. The third kappa shape index (κ3) is 3.19. The normalized spacial score (nSPS) is 23.7. The first-order chi connectivity index (χ1) is 13.7. The molecule has 3 aromatic rings. The van der Waals surface area contributed by atoms with Crippen molar-refractivity contribution in [3.8, 4) is 28.6 Å². The molecule has 2 fully saturated rings. The number of fused-ring (bicyclic) bond motifs is 2. The number of ether oxygens (including phenoxy) is 1. The lowest BCUT2D eigenvalue weighted by atomic mass is 9.87. The quantitative estimate of drug-likeness (QED) is 0.745. The Morgan fingerprint density at radius 2 is 1.82 bits per heavy atom. The van der Waals surface area contributed by atoms with E-state index < -0.39 is 0 Å². The summed E-state index contributed by atoms with van der Waals surface area (Å²) in [6.07, 6.45) is 6.54. The van der Waals surface area contributed by atoms with Gasteiger partial charge in [-0.15, -0.1) is 15.3 Å². The van der Waals surface area contributed by atoms with Crippen molar-refractivity contribution in [2.45, 2.75) is 45.1 Å². The first-order valence-corrected chi connectivity index (χ1v) is 9.75. The molecule has 2 saturated carbocycles. The summed E-state index contributed by atoms with van der Waals surface area (Å²) in [6, 6.07) is 8.90. The van der Waals surface area contributed by atoms with Crippen LogP contribution in [0.3, 0.4) is 0 Å². The van der Waals surface area contributed by atoms with Gasteiger partial charge < -0.3 is 9.84 Å². The Bertz CT molecular complexity index is 975. The zero-order valence-electron chi connectivity index (χ0n) is 15.7. The number of nitrogens with zero attached hydrogens (tertiary/aromatic N) is 6. The Balaban J connectivity index is 1.32. The van der Waals surface area contributed by atoms with Gasteiger partial charge in [0.15, 0.2) is 5.82 Å². The summed E-state index contributed by atoms with van der Waals surface area (Å²) >= 11 is 0. The van der Waals surface area contributed by atoms with Gasteiger partial charge in [0.1, 0.15) is 11.9 Å². The van der Waals surface area contributed by atoms with Crippen LogP contribution in [-0.4, -0.2) is 41.6 Å². The monoisotopic (exact) mass is 378 g/mol. The van der Waals surface area contributed by atoms with Gasteiger partial charge in [-0.1, -0.05) is 12.8 Å². The molecule has 0 spiro atoms. The molecule has 0 amide bonds. The maximum atomic E-state index is 10.4. The van der Waals surface area contributed by atoms with Gasteiger partial charge in [-0.3, -0.25) is 0 Å². The van der Waals surface area contributed by atoms with Crippen LogP contribution in [0.1, 0.15) is 37.9 Å². The smallest absolute Gasteiger partial charge is 0.233 e. The fourth-order valence-corrected chi connectivity index (χ4v) is 4.58. The van der Waals surface area contributed by atoms with Crippen molar-refractivity contribution in [1.82, 2.24) is 30.4 Å². The van der Waals surface area contributed by atoms with E-state index in [4.69, 9.17) is 4.74 Å². The summed E-state index contributed by atoms with van der Waals surface area (Å²) in [5, 5.41) is 30.3. The number of aromatic nitrogens is 6. The average molecular weight is 378 g/mol. The predicted octanol–water partition coefficient (Wildman–Crippen LogP) is 3.09. The van der Waals surface area contributed by atoms with Crippen LogP contribution >= 0.6 is 0 Å². The number of phenolic OH excluding ortho intramolecular Hbond substituents is 1. The van der Waals surface area contributed by atoms with E-state index in [9.17, 15) is 5.11 Å². The van der Waals surface area contributed by atoms with Crippen LogP contribution in [0.4, 0.5) is 0 Å². The number of hydrogen-bond donors (Lipinski definition) is 1. The summed E-state index contributed by atoms with van der Waals surface area (Å²) in [6.45, 7) is 1.80. The molecule has 1 aromatic carbocycles. The SMILES string of the molecule is Cc1nnnn1-c1ccc(-c2ccc(OC3C[C@H]4CC[C@@H](C3)C4)nn2)c(O)c1. The van der Waals surface area contributed by atoms with Gasteiger partial charge in [-0.05, 0) is 66.6 Å². The van der Waals surface area contributed by atoms with E-state index in [0.717, 1.165) is 24.7 Å². The van der Waals surface area contributed by atoms with Crippen molar-refractivity contribution in [2.24, 2.45) is 11.8 Å². The Morgan fingerprint density at radius 1 is 1.00 bits per heavy atom. The lowest BCUT2D eigenvalue weighted by molar-refractivity contribution is 0.113. The van der Waals surface area contributed by atoms with Gasteiger partial charge in [0, 0.05) is 17.7 Å². The molecule has 2 aromatic heterocycles. The molecule has 5 rings (SSSR count). The van der Waals surface area contributed by atoms with Crippen LogP contribution in [0.15, 0.2) is 30.3 Å². The lowest BCUT2D eigenvalue weighted by Crippen LogP contribution is -2.26. The molecule has 0 saturated heterocycles. The van der Waals surface area contributed by atoms with E-state index in [1.807, 2.05) is 18.2 Å². The highest BCUT2D eigenvalue weighted by Gasteiger charge is 2.35. The van der Waals surface area contributed by atoms with Gasteiger partial charge in [-0.2, -0.15) is 4.68 Å². The summed E-state index contributed by atoms with van der Waals surface area (Å²) < 4.78 is 7.64. The van der Waals surface area contributed by atoms with E-state index in [2.05, 4.69) is 25.7 Å². The van der Waals surface area contributed by atoms with Gasteiger partial charge in [-0.25, -0.2) is 0 Å². The average Bonchev–Trinajstić information content (AvgIpc) is 3.27. The Hall–Kier alpha value is -3.03. The van der Waals surface area contributed by atoms with Crippen molar-refractivity contribution in [1.29, 1.82) is 0 Å². The van der Waals surface area contributed by atoms with Crippen LogP contribution in [0.25, 0.3) is 16.9 Å². The number of benzene rings is 1. The topological polar surface area (TPSA) is 98.8 Å². The molecule has 8 nitrogen and oxygen atoms in total. The largest absolute Gasteiger partial charge is 0.507 e. The zero-order chi connectivity index (χ0) is 19.1. The highest BCUT2D eigenvalue weighted by atomic mass is 16.5. The lowest BCUT2D eigenvalue weighted by Gasteiger charge is -2.27. The number of phenols is 1. The Labute approximate surface area is 162 Å². The minimum atomic E-state index is 0.0965. The molecule has 2 aliphatic rings. The summed E-state index contributed by atoms with van der Waals surface area (Å²) in [5.41, 5.74) is 1.88. The molecule has 2 heterocycles. The van der Waals surface area contributed by atoms with Gasteiger partial charge >= 0.3 is 0 Å². The van der Waals surface area contributed by atoms with Crippen molar-refractivity contribution in [2.75, 3.05) is 0 Å². The van der Waals surface area contributed by atoms with Gasteiger partial charge in [0.25, 0.3) is 0 Å². The molecule has 1 N–H and O–H groups in total. The van der Waals surface area contributed by atoms with Crippen molar-refractivity contribution in [3.63, 3.8) is 0 Å². The maximum absolute atomic E-state index is 10.4. The van der Waals surface area contributed by atoms with Crippen LogP contribution in [0.5, 0.6) is 11.6 Å². The van der Waals surface area contributed by atoms with Crippen molar-refractivity contribution in [3.05, 3.63) is 36.2 Å². The summed E-state index contributed by atoms with van der Waals surface area (Å²) in [5.74, 6) is 2.92. The molecule has 3 atom stereocenters. The molecule has 8 heteroatoms. The van der Waals surface area contributed by atoms with Crippen LogP contribution in [-0.2, 0) is 0 Å². The Morgan fingerprint density at radius 3 is 2.46 bits per heavy atom. The third-order valence-electron chi connectivity index (χ3n) is 5.90. The van der Waals surface area contributed by atoms with Gasteiger partial charge in [0.2, 0.25) is 5.88 Å². The molecule has 2 aliphatic carbocycles. The molecule has 0 radical (unpaired) electrons. The molecule has 2 bridgehead atoms. The highest BCUT2D eigenvalue weighted by molar-refractivity contribution is 5.68. The standard InChI is InChI=1S/C20H22N6O2/c1-12-21-24-25-26(12)15-4-5-17(19(27)11-15)18-6-7-20(23-22-18)28-16-9-13-2-3-14(8-13)10-16/h4-7,11,13-14,16,27H,2-3,8-10H2,1H3/t13-,14+,16?. The van der Waals surface area contributed by atoms with E-state index in [-0.39, 0.29) is 11.9 Å². The minimum absolute atomic E-state index is 0.0965. The second kappa shape index (κ2) is 6.85. The van der Waals surface area contributed by atoms with E-state index >= 15 is 0 Å². The summed E-state index contributed by atoms with van der Waals surface area (Å²) in [4.78, 5) is 0. The zero-order valence-corrected chi connectivity index (χ0v) is 15.7. The first-order valence-electron chi connectivity index (χ1n) is 9.75. The molecular weight excluding hydrogens is 356 g/mol. The fraction of sp³-hybridized carbons (Fsp3) is 0.450. The number of rotatable bonds is 4. The number of aryl methyl sites for hydroxylation is 1. The van der Waals surface area contributed by atoms with Crippen LogP contribution in [0, 0.1) is 18.8 Å². The molecular formula is C20H22N6O2. The fourth-order valence-electron chi connectivity index (χ4n) is 4.58. The molecule has 1 unspecified atom stereocenters. The highest BCUT2D eigenvalue weighted by Crippen LogP contribution is 2.43. The van der Waals surface area contributed by atoms with E-state index in [1.165, 1.54) is 19.3 Å². The number of tetrazole rings is 1. The number of hydrogen-bond acceptors (Lipinski definition) is 7. The van der Waals surface area contributed by atoms with Gasteiger partial charge in [0.05, 0.1) is 11.4 Å². The second-order valence-corrected chi connectivity index (χ2v) is 7.85. The van der Waals surface area contributed by atoms with Crippen LogP contribution in [0.2, 0.25) is 0 Å². The Kier molecular flexibility index (Phi) is 4.18. The van der Waals surface area contributed by atoms with Crippen molar-refractivity contribution >= 4 is 0 Å².